The Morgan fingerprint density at radius 2 is 1.76 bits per heavy atom. The van der Waals surface area contributed by atoms with Gasteiger partial charge in [-0.3, -0.25) is 14.2 Å². The molecule has 1 N–H and O–H groups in total. The van der Waals surface area contributed by atoms with Gasteiger partial charge < -0.3 is 5.32 Å². The van der Waals surface area contributed by atoms with Gasteiger partial charge in [0.25, 0.3) is 11.8 Å². The molecule has 0 spiro atoms. The zero-order chi connectivity index (χ0) is 29.1. The Hall–Kier alpha value is -4.13. The molecule has 42 heavy (non-hydrogen) atoms. The summed E-state index contributed by atoms with van der Waals surface area (Å²) in [6.07, 6.45) is 0.625. The average molecular weight is 617 g/mol. The van der Waals surface area contributed by atoms with Gasteiger partial charge in [-0.2, -0.15) is 5.10 Å². The van der Waals surface area contributed by atoms with Crippen molar-refractivity contribution in [1.82, 2.24) is 25.1 Å². The second kappa shape index (κ2) is 12.4. The van der Waals surface area contributed by atoms with E-state index in [1.807, 2.05) is 60.1 Å². The number of amides is 2. The second-order valence-electron chi connectivity index (χ2n) is 9.55. The highest BCUT2D eigenvalue weighted by Gasteiger charge is 2.33. The lowest BCUT2D eigenvalue weighted by molar-refractivity contribution is -0.130. The van der Waals surface area contributed by atoms with Crippen LogP contribution in [-0.4, -0.2) is 43.1 Å². The Bertz CT molecular complexity index is 1720. The number of benzene rings is 2. The van der Waals surface area contributed by atoms with Crippen LogP contribution in [0.3, 0.4) is 0 Å². The number of hydrogen-bond donors (Lipinski definition) is 1. The molecule has 5 aromatic rings. The molecule has 0 aliphatic carbocycles. The maximum absolute atomic E-state index is 13.7. The van der Waals surface area contributed by atoms with Gasteiger partial charge in [-0.05, 0) is 59.6 Å². The normalized spacial score (nSPS) is 14.7. The SMILES string of the molecule is Cc1ccc([C@@H]2CC(c3cccs3)=NN2C(=O)CSc2nnc(CNC(=O)c3cccs3)n2-c2ccc(F)cc2)cc1. The van der Waals surface area contributed by atoms with Crippen LogP contribution in [0, 0.1) is 12.7 Å². The zero-order valence-corrected chi connectivity index (χ0v) is 24.9. The van der Waals surface area contributed by atoms with E-state index in [1.54, 1.807) is 39.1 Å². The van der Waals surface area contributed by atoms with E-state index in [9.17, 15) is 14.0 Å². The predicted octanol–water partition coefficient (Wildman–Crippen LogP) is 6.24. The summed E-state index contributed by atoms with van der Waals surface area (Å²) in [6, 6.07) is 21.4. The van der Waals surface area contributed by atoms with Crippen LogP contribution in [0.25, 0.3) is 5.69 Å². The third-order valence-electron chi connectivity index (χ3n) is 6.70. The Morgan fingerprint density at radius 1 is 1.00 bits per heavy atom. The fourth-order valence-corrected chi connectivity index (χ4v) is 6.77. The van der Waals surface area contributed by atoms with Gasteiger partial charge in [0.1, 0.15) is 5.82 Å². The van der Waals surface area contributed by atoms with E-state index in [2.05, 4.69) is 15.5 Å². The first kappa shape index (κ1) is 28.0. The van der Waals surface area contributed by atoms with Crippen molar-refractivity contribution in [1.29, 1.82) is 0 Å². The zero-order valence-electron chi connectivity index (χ0n) is 22.4. The largest absolute Gasteiger partial charge is 0.344 e. The van der Waals surface area contributed by atoms with Gasteiger partial charge in [-0.25, -0.2) is 9.40 Å². The van der Waals surface area contributed by atoms with Gasteiger partial charge >= 0.3 is 0 Å². The minimum Gasteiger partial charge on any atom is -0.344 e. The molecule has 212 valence electrons. The number of aromatic nitrogens is 3. The van der Waals surface area contributed by atoms with Crippen molar-refractivity contribution in [3.8, 4) is 5.69 Å². The summed E-state index contributed by atoms with van der Waals surface area (Å²) in [5, 5.41) is 22.1. The van der Waals surface area contributed by atoms with Gasteiger partial charge in [0.15, 0.2) is 11.0 Å². The van der Waals surface area contributed by atoms with Crippen molar-refractivity contribution in [3.05, 3.63) is 116 Å². The number of nitrogens with zero attached hydrogens (tertiary/aromatic N) is 5. The van der Waals surface area contributed by atoms with E-state index in [0.717, 1.165) is 21.7 Å². The average Bonchev–Trinajstić information content (AvgIpc) is 3.82. The van der Waals surface area contributed by atoms with E-state index in [4.69, 9.17) is 5.10 Å². The Balaban J connectivity index is 1.24. The molecule has 12 heteroatoms. The molecule has 1 aliphatic heterocycles. The molecule has 8 nitrogen and oxygen atoms in total. The monoisotopic (exact) mass is 616 g/mol. The van der Waals surface area contributed by atoms with Crippen molar-refractivity contribution in [2.24, 2.45) is 5.10 Å². The summed E-state index contributed by atoms with van der Waals surface area (Å²) in [5.74, 6) is -0.251. The van der Waals surface area contributed by atoms with Crippen LogP contribution in [0.4, 0.5) is 4.39 Å². The molecule has 3 aromatic heterocycles. The fraction of sp³-hybridized carbons (Fsp3) is 0.167. The summed E-state index contributed by atoms with van der Waals surface area (Å²) in [6.45, 7) is 2.14. The number of nitrogens with one attached hydrogen (secondary N) is 1. The lowest BCUT2D eigenvalue weighted by Crippen LogP contribution is -2.28. The number of aryl methyl sites for hydroxylation is 1. The molecule has 0 fully saturated rings. The first-order valence-electron chi connectivity index (χ1n) is 13.1. The van der Waals surface area contributed by atoms with Crippen molar-refractivity contribution in [2.45, 2.75) is 31.1 Å². The highest BCUT2D eigenvalue weighted by atomic mass is 32.2. The maximum atomic E-state index is 13.7. The summed E-state index contributed by atoms with van der Waals surface area (Å²) in [7, 11) is 0. The number of thiophene rings is 2. The fourth-order valence-electron chi connectivity index (χ4n) is 4.58. The van der Waals surface area contributed by atoms with Crippen LogP contribution in [0.1, 0.15) is 44.0 Å². The molecule has 0 saturated carbocycles. The number of rotatable bonds is 9. The van der Waals surface area contributed by atoms with Crippen LogP contribution in [0.2, 0.25) is 0 Å². The molecule has 1 atom stereocenters. The van der Waals surface area contributed by atoms with Gasteiger partial charge in [-0.15, -0.1) is 32.9 Å². The smallest absolute Gasteiger partial charge is 0.261 e. The number of carbonyl (C=O) groups excluding carboxylic acids is 2. The molecule has 0 saturated heterocycles. The summed E-state index contributed by atoms with van der Waals surface area (Å²) >= 11 is 4.16. The number of hydrazone groups is 1. The molecular formula is C30H25FN6O2S3. The number of hydrogen-bond acceptors (Lipinski definition) is 8. The molecule has 6 rings (SSSR count). The standard InChI is InChI=1S/C30H25FN6O2S3/c1-19-6-8-20(9-7-19)24-16-23(25-4-2-14-40-25)35-37(24)28(38)18-42-30-34-33-27(17-32-29(39)26-5-3-15-41-26)36(30)22-12-10-21(31)11-13-22/h2-15,24H,16-18H2,1H3,(H,32,39)/t24-/m0/s1. The highest BCUT2D eigenvalue weighted by molar-refractivity contribution is 7.99. The molecule has 0 radical (unpaired) electrons. The third-order valence-corrected chi connectivity index (χ3v) is 9.40. The van der Waals surface area contributed by atoms with Crippen molar-refractivity contribution in [2.75, 3.05) is 5.75 Å². The van der Waals surface area contributed by atoms with Crippen LogP contribution in [-0.2, 0) is 11.3 Å². The minimum atomic E-state index is -0.376. The van der Waals surface area contributed by atoms with Gasteiger partial charge in [-0.1, -0.05) is 53.7 Å². The topological polar surface area (TPSA) is 92.5 Å². The first-order valence-corrected chi connectivity index (χ1v) is 15.9. The summed E-state index contributed by atoms with van der Waals surface area (Å²) in [5.41, 5.74) is 3.67. The first-order chi connectivity index (χ1) is 20.5. The highest BCUT2D eigenvalue weighted by Crippen LogP contribution is 2.35. The lowest BCUT2D eigenvalue weighted by atomic mass is 10.00. The Labute approximate surface area is 253 Å². The minimum absolute atomic E-state index is 0.0600. The molecule has 0 bridgehead atoms. The van der Waals surface area contributed by atoms with Gasteiger partial charge in [0.2, 0.25) is 0 Å². The molecule has 0 unspecified atom stereocenters. The van der Waals surface area contributed by atoms with Crippen LogP contribution < -0.4 is 5.32 Å². The molecule has 2 aromatic carbocycles. The summed E-state index contributed by atoms with van der Waals surface area (Å²) in [4.78, 5) is 27.8. The van der Waals surface area contributed by atoms with E-state index in [1.165, 1.54) is 35.2 Å². The van der Waals surface area contributed by atoms with Crippen molar-refractivity contribution >= 4 is 52.0 Å². The van der Waals surface area contributed by atoms with Crippen LogP contribution >= 0.6 is 34.4 Å². The second-order valence-corrected chi connectivity index (χ2v) is 12.4. The van der Waals surface area contributed by atoms with E-state index in [-0.39, 0.29) is 36.0 Å². The quantitative estimate of drug-likeness (QED) is 0.198. The van der Waals surface area contributed by atoms with E-state index in [0.29, 0.717) is 28.0 Å². The van der Waals surface area contributed by atoms with E-state index >= 15 is 0 Å². The third kappa shape index (κ3) is 6.06. The van der Waals surface area contributed by atoms with Crippen molar-refractivity contribution in [3.63, 3.8) is 0 Å². The lowest BCUT2D eigenvalue weighted by Gasteiger charge is -2.22. The number of carbonyl (C=O) groups is 2. The van der Waals surface area contributed by atoms with Crippen LogP contribution in [0.5, 0.6) is 0 Å². The molecule has 4 heterocycles. The Morgan fingerprint density at radius 3 is 2.48 bits per heavy atom. The molecule has 2 amide bonds. The molecule has 1 aliphatic rings. The maximum Gasteiger partial charge on any atom is 0.261 e. The van der Waals surface area contributed by atoms with Crippen LogP contribution in [0.15, 0.2) is 93.8 Å². The molecular weight excluding hydrogens is 592 g/mol. The summed E-state index contributed by atoms with van der Waals surface area (Å²) < 4.78 is 15.5. The van der Waals surface area contributed by atoms with Crippen molar-refractivity contribution < 1.29 is 14.0 Å². The number of halogens is 1. The van der Waals surface area contributed by atoms with Gasteiger partial charge in [0.05, 0.1) is 33.8 Å². The van der Waals surface area contributed by atoms with E-state index < -0.39 is 0 Å². The number of thioether (sulfide) groups is 1. The Kier molecular flexibility index (Phi) is 8.27. The predicted molar refractivity (Wildman–Crippen MR) is 164 cm³/mol. The van der Waals surface area contributed by atoms with Gasteiger partial charge in [0, 0.05) is 12.1 Å².